The van der Waals surface area contributed by atoms with Crippen LogP contribution in [0.4, 0.5) is 0 Å². The largest absolute Gasteiger partial charge is 0.508 e. The number of hydrogen-bond acceptors (Lipinski definition) is 3. The molecule has 114 valence electrons. The molecule has 0 aliphatic rings. The van der Waals surface area contributed by atoms with Crippen LogP contribution >= 0.6 is 0 Å². The Balaban J connectivity index is 2.63. The molecule has 1 aromatic carbocycles. The molecule has 0 heterocycles. The number of hydrogen-bond donors (Lipinski definition) is 3. The molecule has 0 saturated heterocycles. The fraction of sp³-hybridized carbons (Fsp3) is 0.333. The first-order chi connectivity index (χ1) is 9.93. The minimum atomic E-state index is -0.613. The highest BCUT2D eigenvalue weighted by Crippen LogP contribution is 2.20. The number of aromatic hydroxyl groups is 1. The zero-order chi connectivity index (χ0) is 15.8. The molecule has 0 amide bonds. The van der Waals surface area contributed by atoms with Gasteiger partial charge in [0.1, 0.15) is 5.75 Å². The molecule has 1 aromatic rings. The predicted molar refractivity (Wildman–Crippen MR) is 87.0 cm³/mol. The second kappa shape index (κ2) is 8.45. The Kier molecular flexibility index (Phi) is 6.92. The van der Waals surface area contributed by atoms with Crippen LogP contribution in [0.3, 0.4) is 0 Å². The number of allylic oxidation sites excluding steroid dienone is 1. The second-order valence-corrected chi connectivity index (χ2v) is 5.26. The van der Waals surface area contributed by atoms with Gasteiger partial charge in [0, 0.05) is 0 Å². The number of phenolic OH excluding ortho intramolecular Hbond substituents is 1. The van der Waals surface area contributed by atoms with Gasteiger partial charge in [0.25, 0.3) is 0 Å². The summed E-state index contributed by atoms with van der Waals surface area (Å²) in [4.78, 5) is 0. The summed E-state index contributed by atoms with van der Waals surface area (Å²) in [7, 11) is 0. The Morgan fingerprint density at radius 2 is 1.86 bits per heavy atom. The first-order valence-electron chi connectivity index (χ1n) is 7.05. The number of benzene rings is 1. The van der Waals surface area contributed by atoms with Crippen LogP contribution in [-0.2, 0) is 0 Å². The van der Waals surface area contributed by atoms with Crippen molar-refractivity contribution in [2.45, 2.75) is 32.8 Å². The third-order valence-electron chi connectivity index (χ3n) is 3.28. The molecule has 1 atom stereocenters. The molecule has 3 N–H and O–H groups in total. The van der Waals surface area contributed by atoms with Gasteiger partial charge in [-0.3, -0.25) is 0 Å². The Labute approximate surface area is 126 Å². The lowest BCUT2D eigenvalue weighted by molar-refractivity contribution is 0.201. The highest BCUT2D eigenvalue weighted by molar-refractivity contribution is 5.53. The van der Waals surface area contributed by atoms with Crippen LogP contribution in [0.2, 0.25) is 0 Å². The van der Waals surface area contributed by atoms with E-state index in [0.29, 0.717) is 12.0 Å². The van der Waals surface area contributed by atoms with E-state index in [9.17, 15) is 10.2 Å². The van der Waals surface area contributed by atoms with Crippen molar-refractivity contribution >= 4 is 6.08 Å². The van der Waals surface area contributed by atoms with Gasteiger partial charge >= 0.3 is 0 Å². The van der Waals surface area contributed by atoms with Crippen molar-refractivity contribution in [1.29, 1.82) is 0 Å². The lowest BCUT2D eigenvalue weighted by Gasteiger charge is -2.15. The van der Waals surface area contributed by atoms with Gasteiger partial charge in [-0.1, -0.05) is 42.0 Å². The van der Waals surface area contributed by atoms with E-state index in [1.807, 2.05) is 32.1 Å². The minimum Gasteiger partial charge on any atom is -0.508 e. The number of aliphatic hydroxyl groups excluding tert-OH is 2. The van der Waals surface area contributed by atoms with E-state index in [1.54, 1.807) is 18.2 Å². The predicted octanol–water partition coefficient (Wildman–Crippen LogP) is 3.43. The first-order valence-corrected chi connectivity index (χ1v) is 7.05. The molecule has 0 radical (unpaired) electrons. The zero-order valence-corrected chi connectivity index (χ0v) is 12.7. The first kappa shape index (κ1) is 17.2. The molecule has 0 fully saturated rings. The van der Waals surface area contributed by atoms with Crippen LogP contribution in [0.15, 0.2) is 53.6 Å². The fourth-order valence-corrected chi connectivity index (χ4v) is 2.14. The van der Waals surface area contributed by atoms with Gasteiger partial charge in [0.15, 0.2) is 0 Å². The van der Waals surface area contributed by atoms with E-state index < -0.39 is 6.10 Å². The van der Waals surface area contributed by atoms with Gasteiger partial charge in [-0.25, -0.2) is 0 Å². The summed E-state index contributed by atoms with van der Waals surface area (Å²) in [5, 5.41) is 28.4. The van der Waals surface area contributed by atoms with Crippen molar-refractivity contribution in [1.82, 2.24) is 0 Å². The monoisotopic (exact) mass is 288 g/mol. The van der Waals surface area contributed by atoms with Crippen LogP contribution in [0.1, 0.15) is 32.3 Å². The van der Waals surface area contributed by atoms with E-state index in [4.69, 9.17) is 5.11 Å². The molecule has 3 heteroatoms. The van der Waals surface area contributed by atoms with Crippen molar-refractivity contribution in [3.05, 3.63) is 59.2 Å². The SMILES string of the molecule is C=C(C)/C(=C/CO)C(O)CC/C(C)=C/c1ccc(O)cc1. The second-order valence-electron chi connectivity index (χ2n) is 5.26. The molecule has 21 heavy (non-hydrogen) atoms. The third kappa shape index (κ3) is 5.98. The maximum Gasteiger partial charge on any atom is 0.115 e. The quantitative estimate of drug-likeness (QED) is 0.674. The zero-order valence-electron chi connectivity index (χ0n) is 12.7. The van der Waals surface area contributed by atoms with Gasteiger partial charge in [0.2, 0.25) is 0 Å². The van der Waals surface area contributed by atoms with E-state index >= 15 is 0 Å². The Bertz CT molecular complexity index is 524. The molecular weight excluding hydrogens is 264 g/mol. The van der Waals surface area contributed by atoms with Crippen LogP contribution in [-0.4, -0.2) is 28.0 Å². The smallest absolute Gasteiger partial charge is 0.115 e. The van der Waals surface area contributed by atoms with Crippen molar-refractivity contribution in [2.24, 2.45) is 0 Å². The summed E-state index contributed by atoms with van der Waals surface area (Å²) in [5.41, 5.74) is 3.64. The highest BCUT2D eigenvalue weighted by Gasteiger charge is 2.11. The Morgan fingerprint density at radius 1 is 1.24 bits per heavy atom. The van der Waals surface area contributed by atoms with Gasteiger partial charge in [-0.15, -0.1) is 0 Å². The van der Waals surface area contributed by atoms with Crippen molar-refractivity contribution < 1.29 is 15.3 Å². The standard InChI is InChI=1S/C18H24O3/c1-13(2)17(10-11-19)18(21)9-4-14(3)12-15-5-7-16(20)8-6-15/h5-8,10,12,18-21H,1,4,9,11H2,2-3H3/b14-12+,17-10-. The molecule has 3 nitrogen and oxygen atoms in total. The lowest BCUT2D eigenvalue weighted by Crippen LogP contribution is -2.12. The summed E-state index contributed by atoms with van der Waals surface area (Å²) in [6.45, 7) is 7.56. The molecular formula is C18H24O3. The minimum absolute atomic E-state index is 0.0957. The van der Waals surface area contributed by atoms with E-state index in [0.717, 1.165) is 23.1 Å². The molecule has 0 saturated carbocycles. The van der Waals surface area contributed by atoms with E-state index in [-0.39, 0.29) is 12.4 Å². The highest BCUT2D eigenvalue weighted by atomic mass is 16.3. The van der Waals surface area contributed by atoms with Crippen molar-refractivity contribution in [3.8, 4) is 5.75 Å². The Hall–Kier alpha value is -1.84. The normalized spacial score (nSPS) is 14.1. The maximum absolute atomic E-state index is 10.2. The van der Waals surface area contributed by atoms with Crippen LogP contribution in [0.25, 0.3) is 6.08 Å². The third-order valence-corrected chi connectivity index (χ3v) is 3.28. The van der Waals surface area contributed by atoms with Gasteiger partial charge in [-0.2, -0.15) is 0 Å². The summed E-state index contributed by atoms with van der Waals surface area (Å²) < 4.78 is 0. The average Bonchev–Trinajstić information content (AvgIpc) is 2.44. The van der Waals surface area contributed by atoms with Crippen molar-refractivity contribution in [2.75, 3.05) is 6.61 Å². The molecule has 0 aliphatic heterocycles. The maximum atomic E-state index is 10.2. The lowest BCUT2D eigenvalue weighted by atomic mass is 9.96. The Morgan fingerprint density at radius 3 is 2.38 bits per heavy atom. The molecule has 0 spiro atoms. The van der Waals surface area contributed by atoms with Gasteiger partial charge in [-0.05, 0) is 50.0 Å². The van der Waals surface area contributed by atoms with Crippen LogP contribution in [0.5, 0.6) is 5.75 Å². The topological polar surface area (TPSA) is 60.7 Å². The van der Waals surface area contributed by atoms with Crippen LogP contribution < -0.4 is 0 Å². The summed E-state index contributed by atoms with van der Waals surface area (Å²) >= 11 is 0. The van der Waals surface area contributed by atoms with E-state index in [2.05, 4.69) is 6.58 Å². The van der Waals surface area contributed by atoms with Crippen LogP contribution in [0, 0.1) is 0 Å². The number of rotatable bonds is 7. The molecule has 0 aliphatic carbocycles. The molecule has 1 rings (SSSR count). The average molecular weight is 288 g/mol. The fourth-order valence-electron chi connectivity index (χ4n) is 2.14. The van der Waals surface area contributed by atoms with Crippen molar-refractivity contribution in [3.63, 3.8) is 0 Å². The summed E-state index contributed by atoms with van der Waals surface area (Å²) in [5.74, 6) is 0.250. The number of aliphatic hydroxyl groups is 2. The summed E-state index contributed by atoms with van der Waals surface area (Å²) in [6.07, 6.45) is 4.35. The molecule has 0 aromatic heterocycles. The molecule has 1 unspecified atom stereocenters. The number of phenols is 1. The van der Waals surface area contributed by atoms with Gasteiger partial charge in [0.05, 0.1) is 12.7 Å². The van der Waals surface area contributed by atoms with Gasteiger partial charge < -0.3 is 15.3 Å². The summed E-state index contributed by atoms with van der Waals surface area (Å²) in [6, 6.07) is 6.99. The van der Waals surface area contributed by atoms with E-state index in [1.165, 1.54) is 0 Å². The molecule has 0 bridgehead atoms.